The van der Waals surface area contributed by atoms with Crippen molar-refractivity contribution in [3.05, 3.63) is 23.8 Å². The first-order valence-electron chi connectivity index (χ1n) is 6.10. The molecule has 0 bridgehead atoms. The second-order valence-corrected chi connectivity index (χ2v) is 4.50. The van der Waals surface area contributed by atoms with Crippen molar-refractivity contribution in [1.29, 1.82) is 0 Å². The molecule has 2 amide bonds. The smallest absolute Gasteiger partial charge is 0.316 e. The highest BCUT2D eigenvalue weighted by atomic mass is 16.6. The summed E-state index contributed by atoms with van der Waals surface area (Å²) in [6.07, 6.45) is -0.778. The molecule has 0 spiro atoms. The lowest BCUT2D eigenvalue weighted by molar-refractivity contribution is 0.160. The molecule has 6 heteroatoms. The van der Waals surface area contributed by atoms with Gasteiger partial charge in [-0.15, -0.1) is 0 Å². The number of aliphatic hydroxyl groups excluding tert-OH is 1. The normalized spacial score (nSPS) is 14.7. The Kier molecular flexibility index (Phi) is 4.11. The van der Waals surface area contributed by atoms with Crippen molar-refractivity contribution in [2.24, 2.45) is 0 Å². The molecule has 1 heterocycles. The molecule has 1 aliphatic rings. The van der Waals surface area contributed by atoms with Gasteiger partial charge in [0.05, 0.1) is 6.10 Å². The summed E-state index contributed by atoms with van der Waals surface area (Å²) < 4.78 is 10.9. The highest BCUT2D eigenvalue weighted by Gasteiger charge is 2.16. The van der Waals surface area contributed by atoms with Crippen LogP contribution in [0.4, 0.5) is 4.79 Å². The quantitative estimate of drug-likeness (QED) is 0.847. The lowest BCUT2D eigenvalue weighted by Crippen LogP contribution is -2.36. The van der Waals surface area contributed by atoms with Crippen LogP contribution in [0.15, 0.2) is 18.2 Å². The van der Waals surface area contributed by atoms with Crippen molar-refractivity contribution in [2.45, 2.75) is 6.10 Å². The summed E-state index contributed by atoms with van der Waals surface area (Å²) in [6, 6.07) is 5.03. The molecule has 2 N–H and O–H groups in total. The lowest BCUT2D eigenvalue weighted by Gasteiger charge is -2.20. The molecule has 19 heavy (non-hydrogen) atoms. The Bertz CT molecular complexity index is 462. The van der Waals surface area contributed by atoms with Gasteiger partial charge in [0.25, 0.3) is 0 Å². The number of ether oxygens (including phenoxy) is 2. The molecule has 1 aliphatic heterocycles. The van der Waals surface area contributed by atoms with E-state index in [1.807, 2.05) is 0 Å². The molecule has 0 aliphatic carbocycles. The zero-order valence-corrected chi connectivity index (χ0v) is 11.0. The molecule has 1 aromatic rings. The van der Waals surface area contributed by atoms with E-state index in [2.05, 4.69) is 5.32 Å². The summed E-state index contributed by atoms with van der Waals surface area (Å²) in [5.41, 5.74) is 0.684. The molecular formula is C13H18N2O4. The summed E-state index contributed by atoms with van der Waals surface area (Å²) in [4.78, 5) is 12.8. The number of benzene rings is 1. The van der Waals surface area contributed by atoms with Gasteiger partial charge in [0.15, 0.2) is 11.5 Å². The van der Waals surface area contributed by atoms with E-state index in [9.17, 15) is 9.90 Å². The first-order valence-corrected chi connectivity index (χ1v) is 6.10. The second kappa shape index (κ2) is 5.79. The Morgan fingerprint density at radius 3 is 2.74 bits per heavy atom. The molecule has 0 fully saturated rings. The zero-order valence-electron chi connectivity index (χ0n) is 11.0. The van der Waals surface area contributed by atoms with Crippen molar-refractivity contribution in [3.63, 3.8) is 0 Å². The largest absolute Gasteiger partial charge is 0.486 e. The number of hydrogen-bond acceptors (Lipinski definition) is 4. The van der Waals surface area contributed by atoms with Gasteiger partial charge in [-0.1, -0.05) is 6.07 Å². The summed E-state index contributed by atoms with van der Waals surface area (Å²) >= 11 is 0. The van der Waals surface area contributed by atoms with Crippen LogP contribution >= 0.6 is 0 Å². The molecule has 0 saturated heterocycles. The number of nitrogens with one attached hydrogen (secondary N) is 1. The minimum absolute atomic E-state index is 0.149. The Morgan fingerprint density at radius 2 is 2.05 bits per heavy atom. The van der Waals surface area contributed by atoms with Crippen molar-refractivity contribution in [2.75, 3.05) is 33.9 Å². The monoisotopic (exact) mass is 266 g/mol. The summed E-state index contributed by atoms with van der Waals surface area (Å²) in [7, 11) is 3.29. The number of rotatable bonds is 3. The van der Waals surface area contributed by atoms with Gasteiger partial charge in [0, 0.05) is 20.6 Å². The third-order valence-corrected chi connectivity index (χ3v) is 2.80. The summed E-state index contributed by atoms with van der Waals surface area (Å²) in [5.74, 6) is 1.31. The fraction of sp³-hybridized carbons (Fsp3) is 0.462. The standard InChI is InChI=1S/C13H18N2O4/c1-15(2)13(17)14-8-10(16)9-3-4-11-12(7-9)19-6-5-18-11/h3-4,7,10,16H,5-6,8H2,1-2H3,(H,14,17). The van der Waals surface area contributed by atoms with Crippen LogP contribution in [0.2, 0.25) is 0 Å². The van der Waals surface area contributed by atoms with Crippen LogP contribution < -0.4 is 14.8 Å². The van der Waals surface area contributed by atoms with Crippen LogP contribution in [0.5, 0.6) is 11.5 Å². The van der Waals surface area contributed by atoms with Gasteiger partial charge in [0.1, 0.15) is 13.2 Å². The molecule has 1 unspecified atom stereocenters. The van der Waals surface area contributed by atoms with Gasteiger partial charge in [0.2, 0.25) is 0 Å². The Hall–Kier alpha value is -1.95. The predicted molar refractivity (Wildman–Crippen MR) is 69.5 cm³/mol. The van der Waals surface area contributed by atoms with Crippen molar-refractivity contribution >= 4 is 6.03 Å². The third-order valence-electron chi connectivity index (χ3n) is 2.80. The SMILES string of the molecule is CN(C)C(=O)NCC(O)c1ccc2c(c1)OCCO2. The Balaban J connectivity index is 1.99. The number of carbonyl (C=O) groups is 1. The maximum atomic E-state index is 11.4. The van der Waals surface area contributed by atoms with Gasteiger partial charge in [-0.25, -0.2) is 4.79 Å². The average Bonchev–Trinajstić information content (AvgIpc) is 2.43. The van der Waals surface area contributed by atoms with Crippen LogP contribution in [0.1, 0.15) is 11.7 Å². The van der Waals surface area contributed by atoms with E-state index >= 15 is 0 Å². The van der Waals surface area contributed by atoms with E-state index in [1.54, 1.807) is 32.3 Å². The molecule has 104 valence electrons. The van der Waals surface area contributed by atoms with Gasteiger partial charge in [-0.05, 0) is 17.7 Å². The van der Waals surface area contributed by atoms with Crippen LogP contribution in [0.3, 0.4) is 0 Å². The number of nitrogens with zero attached hydrogens (tertiary/aromatic N) is 1. The van der Waals surface area contributed by atoms with E-state index in [0.717, 1.165) is 0 Å². The zero-order chi connectivity index (χ0) is 13.8. The number of urea groups is 1. The van der Waals surface area contributed by atoms with Crippen molar-refractivity contribution in [1.82, 2.24) is 10.2 Å². The molecular weight excluding hydrogens is 248 g/mol. The van der Waals surface area contributed by atoms with Crippen molar-refractivity contribution < 1.29 is 19.4 Å². The van der Waals surface area contributed by atoms with Crippen LogP contribution in [-0.2, 0) is 0 Å². The maximum absolute atomic E-state index is 11.4. The van der Waals surface area contributed by atoms with E-state index in [-0.39, 0.29) is 12.6 Å². The predicted octanol–water partition coefficient (Wildman–Crippen LogP) is 0.762. The Labute approximate surface area is 111 Å². The summed E-state index contributed by atoms with van der Waals surface area (Å²) in [6.45, 7) is 1.19. The van der Waals surface area contributed by atoms with Gasteiger partial charge in [-0.2, -0.15) is 0 Å². The highest BCUT2D eigenvalue weighted by Crippen LogP contribution is 2.32. The highest BCUT2D eigenvalue weighted by molar-refractivity contribution is 5.73. The fourth-order valence-corrected chi connectivity index (χ4v) is 1.73. The number of hydrogen-bond donors (Lipinski definition) is 2. The second-order valence-electron chi connectivity index (χ2n) is 4.50. The third kappa shape index (κ3) is 3.29. The molecule has 0 saturated carbocycles. The van der Waals surface area contributed by atoms with E-state index in [0.29, 0.717) is 30.3 Å². The average molecular weight is 266 g/mol. The van der Waals surface area contributed by atoms with Crippen LogP contribution in [0.25, 0.3) is 0 Å². The Morgan fingerprint density at radius 1 is 1.37 bits per heavy atom. The van der Waals surface area contributed by atoms with Crippen LogP contribution in [0, 0.1) is 0 Å². The van der Waals surface area contributed by atoms with Gasteiger partial charge >= 0.3 is 6.03 Å². The van der Waals surface area contributed by atoms with E-state index in [1.165, 1.54) is 4.90 Å². The maximum Gasteiger partial charge on any atom is 0.316 e. The first kappa shape index (κ1) is 13.5. The molecule has 0 aromatic heterocycles. The number of aliphatic hydroxyl groups is 1. The fourth-order valence-electron chi connectivity index (χ4n) is 1.73. The topological polar surface area (TPSA) is 71.0 Å². The number of fused-ring (bicyclic) bond motifs is 1. The van der Waals surface area contributed by atoms with Crippen molar-refractivity contribution in [3.8, 4) is 11.5 Å². The van der Waals surface area contributed by atoms with E-state index < -0.39 is 6.10 Å². The van der Waals surface area contributed by atoms with Gasteiger partial charge < -0.3 is 24.8 Å². The molecule has 6 nitrogen and oxygen atoms in total. The lowest BCUT2D eigenvalue weighted by atomic mass is 10.1. The summed E-state index contributed by atoms with van der Waals surface area (Å²) in [5, 5.41) is 12.6. The number of carbonyl (C=O) groups excluding carboxylic acids is 1. The van der Waals surface area contributed by atoms with Crippen LogP contribution in [-0.4, -0.2) is 49.9 Å². The number of amides is 2. The first-order chi connectivity index (χ1) is 9.08. The minimum Gasteiger partial charge on any atom is -0.486 e. The molecule has 2 rings (SSSR count). The molecule has 1 atom stereocenters. The van der Waals surface area contributed by atoms with Gasteiger partial charge in [-0.3, -0.25) is 0 Å². The molecule has 1 aromatic carbocycles. The molecule has 0 radical (unpaired) electrons. The van der Waals surface area contributed by atoms with E-state index in [4.69, 9.17) is 9.47 Å². The minimum atomic E-state index is -0.778.